The highest BCUT2D eigenvalue weighted by Crippen LogP contribution is 2.25. The van der Waals surface area contributed by atoms with E-state index in [0.29, 0.717) is 11.5 Å². The van der Waals surface area contributed by atoms with Gasteiger partial charge >= 0.3 is 0 Å². The second kappa shape index (κ2) is 5.98. The van der Waals surface area contributed by atoms with E-state index in [2.05, 4.69) is 16.6 Å². The van der Waals surface area contributed by atoms with Crippen molar-refractivity contribution in [3.8, 4) is 0 Å². The molecule has 2 N–H and O–H groups in total. The Labute approximate surface area is 114 Å². The molecular formula is C13H20N2O3S. The summed E-state index contributed by atoms with van der Waals surface area (Å²) in [4.78, 5) is 3.90. The summed E-state index contributed by atoms with van der Waals surface area (Å²) >= 11 is 0. The molecule has 0 aliphatic heterocycles. The fourth-order valence-electron chi connectivity index (χ4n) is 2.41. The van der Waals surface area contributed by atoms with Crippen LogP contribution in [0.3, 0.4) is 0 Å². The van der Waals surface area contributed by atoms with Crippen molar-refractivity contribution in [1.82, 2.24) is 9.71 Å². The quantitative estimate of drug-likeness (QED) is 0.876. The van der Waals surface area contributed by atoms with Crippen molar-refractivity contribution in [1.29, 1.82) is 0 Å². The van der Waals surface area contributed by atoms with Gasteiger partial charge in [0, 0.05) is 12.2 Å². The zero-order valence-electron chi connectivity index (χ0n) is 11.0. The Balaban J connectivity index is 2.12. The van der Waals surface area contributed by atoms with Crippen molar-refractivity contribution < 1.29 is 13.5 Å². The van der Waals surface area contributed by atoms with Crippen LogP contribution in [0.5, 0.6) is 0 Å². The topological polar surface area (TPSA) is 79.3 Å². The molecule has 1 aliphatic carbocycles. The number of aromatic nitrogens is 1. The highest BCUT2D eigenvalue weighted by molar-refractivity contribution is 7.89. The number of hydrogen-bond donors (Lipinski definition) is 2. The molecule has 1 aromatic rings. The molecule has 1 aromatic heterocycles. The summed E-state index contributed by atoms with van der Waals surface area (Å²) in [6, 6.07) is 3.01. The first-order valence-electron chi connectivity index (χ1n) is 6.61. The standard InChI is InChI=1S/C13H20N2O3S/c1-10-4-2-3-5-12(10)15-19(17,18)13-7-6-11(9-16)8-14-13/h6-8,10,12,15-16H,2-5,9H2,1H3. The third kappa shape index (κ3) is 3.52. The summed E-state index contributed by atoms with van der Waals surface area (Å²) < 4.78 is 27.2. The van der Waals surface area contributed by atoms with Crippen LogP contribution in [0.15, 0.2) is 23.4 Å². The monoisotopic (exact) mass is 284 g/mol. The van der Waals surface area contributed by atoms with Gasteiger partial charge in [-0.05, 0) is 30.4 Å². The summed E-state index contributed by atoms with van der Waals surface area (Å²) in [5.74, 6) is 0.361. The fraction of sp³-hybridized carbons (Fsp3) is 0.615. The molecule has 0 aromatic carbocycles. The zero-order valence-corrected chi connectivity index (χ0v) is 11.9. The zero-order chi connectivity index (χ0) is 13.9. The first-order chi connectivity index (χ1) is 9.03. The maximum absolute atomic E-state index is 12.2. The first-order valence-corrected chi connectivity index (χ1v) is 8.09. The first kappa shape index (κ1) is 14.4. The van der Waals surface area contributed by atoms with Crippen LogP contribution in [0, 0.1) is 5.92 Å². The van der Waals surface area contributed by atoms with E-state index in [-0.39, 0.29) is 17.7 Å². The lowest BCUT2D eigenvalue weighted by Gasteiger charge is -2.29. The molecule has 0 radical (unpaired) electrons. The van der Waals surface area contributed by atoms with Crippen LogP contribution in [-0.4, -0.2) is 24.6 Å². The Hall–Kier alpha value is -0.980. The Morgan fingerprint density at radius 2 is 2.11 bits per heavy atom. The van der Waals surface area contributed by atoms with Gasteiger partial charge in [-0.15, -0.1) is 0 Å². The molecule has 0 spiro atoms. The van der Waals surface area contributed by atoms with Gasteiger partial charge in [0.25, 0.3) is 10.0 Å². The van der Waals surface area contributed by atoms with E-state index in [4.69, 9.17) is 5.11 Å². The predicted octanol–water partition coefficient (Wildman–Crippen LogP) is 1.43. The average molecular weight is 284 g/mol. The van der Waals surface area contributed by atoms with E-state index >= 15 is 0 Å². The molecule has 6 heteroatoms. The number of aliphatic hydroxyl groups excluding tert-OH is 1. The second-order valence-corrected chi connectivity index (χ2v) is 6.81. The van der Waals surface area contributed by atoms with Crippen LogP contribution in [0.2, 0.25) is 0 Å². The molecule has 2 rings (SSSR count). The minimum Gasteiger partial charge on any atom is -0.392 e. The van der Waals surface area contributed by atoms with Gasteiger partial charge in [-0.1, -0.05) is 25.8 Å². The Bertz CT molecular complexity index is 513. The lowest BCUT2D eigenvalue weighted by atomic mass is 9.87. The molecule has 0 amide bonds. The molecule has 1 fully saturated rings. The maximum atomic E-state index is 12.2. The molecule has 1 heterocycles. The summed E-state index contributed by atoms with van der Waals surface area (Å²) in [5.41, 5.74) is 0.602. The Morgan fingerprint density at radius 1 is 1.37 bits per heavy atom. The molecule has 0 saturated heterocycles. The molecule has 2 unspecified atom stereocenters. The highest BCUT2D eigenvalue weighted by Gasteiger charge is 2.27. The van der Waals surface area contributed by atoms with Crippen LogP contribution in [0.4, 0.5) is 0 Å². The van der Waals surface area contributed by atoms with E-state index in [1.54, 1.807) is 6.07 Å². The average Bonchev–Trinajstić information content (AvgIpc) is 2.41. The Morgan fingerprint density at radius 3 is 2.68 bits per heavy atom. The van der Waals surface area contributed by atoms with E-state index < -0.39 is 10.0 Å². The van der Waals surface area contributed by atoms with Gasteiger partial charge in [0.2, 0.25) is 0 Å². The number of nitrogens with one attached hydrogen (secondary N) is 1. The fourth-order valence-corrected chi connectivity index (χ4v) is 3.72. The smallest absolute Gasteiger partial charge is 0.258 e. The summed E-state index contributed by atoms with van der Waals surface area (Å²) in [6.45, 7) is 1.94. The third-order valence-corrected chi connectivity index (χ3v) is 5.08. The molecule has 106 valence electrons. The number of pyridine rings is 1. The normalized spacial score (nSPS) is 24.3. The number of nitrogens with zero attached hydrogens (tertiary/aromatic N) is 1. The molecule has 2 atom stereocenters. The minimum absolute atomic E-state index is 0.00179. The SMILES string of the molecule is CC1CCCCC1NS(=O)(=O)c1ccc(CO)cn1. The van der Waals surface area contributed by atoms with Crippen molar-refractivity contribution in [2.45, 2.75) is 50.3 Å². The van der Waals surface area contributed by atoms with Gasteiger partial charge < -0.3 is 5.11 Å². The van der Waals surface area contributed by atoms with Gasteiger partial charge in [0.15, 0.2) is 5.03 Å². The number of hydrogen-bond acceptors (Lipinski definition) is 4. The third-order valence-electron chi connectivity index (χ3n) is 3.67. The maximum Gasteiger partial charge on any atom is 0.258 e. The van der Waals surface area contributed by atoms with Gasteiger partial charge in [-0.3, -0.25) is 0 Å². The summed E-state index contributed by atoms with van der Waals surface area (Å²) in [6.07, 6.45) is 5.56. The summed E-state index contributed by atoms with van der Waals surface area (Å²) in [7, 11) is -3.56. The molecule has 0 bridgehead atoms. The van der Waals surface area contributed by atoms with E-state index in [0.717, 1.165) is 19.3 Å². The van der Waals surface area contributed by atoms with Crippen LogP contribution >= 0.6 is 0 Å². The number of aliphatic hydroxyl groups is 1. The van der Waals surface area contributed by atoms with Crippen molar-refractivity contribution in [3.63, 3.8) is 0 Å². The Kier molecular flexibility index (Phi) is 4.54. The summed E-state index contributed by atoms with van der Waals surface area (Å²) in [5, 5.41) is 8.94. The predicted molar refractivity (Wildman–Crippen MR) is 71.9 cm³/mol. The van der Waals surface area contributed by atoms with Gasteiger partial charge in [-0.2, -0.15) is 0 Å². The van der Waals surface area contributed by atoms with Gasteiger partial charge in [0.05, 0.1) is 6.61 Å². The van der Waals surface area contributed by atoms with E-state index in [1.807, 2.05) is 0 Å². The van der Waals surface area contributed by atoms with E-state index in [9.17, 15) is 8.42 Å². The lowest BCUT2D eigenvalue weighted by molar-refractivity contribution is 0.281. The molecule has 5 nitrogen and oxygen atoms in total. The van der Waals surface area contributed by atoms with Crippen LogP contribution < -0.4 is 4.72 Å². The van der Waals surface area contributed by atoms with Crippen LogP contribution in [0.25, 0.3) is 0 Å². The lowest BCUT2D eigenvalue weighted by Crippen LogP contribution is -2.41. The number of rotatable bonds is 4. The van der Waals surface area contributed by atoms with Gasteiger partial charge in [-0.25, -0.2) is 18.1 Å². The largest absolute Gasteiger partial charge is 0.392 e. The van der Waals surface area contributed by atoms with Crippen molar-refractivity contribution in [2.75, 3.05) is 0 Å². The van der Waals surface area contributed by atoms with Crippen LogP contribution in [-0.2, 0) is 16.6 Å². The van der Waals surface area contributed by atoms with Crippen LogP contribution in [0.1, 0.15) is 38.2 Å². The molecule has 19 heavy (non-hydrogen) atoms. The molecule has 1 aliphatic rings. The second-order valence-electron chi connectivity index (χ2n) is 5.15. The molecular weight excluding hydrogens is 264 g/mol. The van der Waals surface area contributed by atoms with Crippen molar-refractivity contribution >= 4 is 10.0 Å². The number of sulfonamides is 1. The van der Waals surface area contributed by atoms with E-state index in [1.165, 1.54) is 18.7 Å². The minimum atomic E-state index is -3.56. The highest BCUT2D eigenvalue weighted by atomic mass is 32.2. The van der Waals surface area contributed by atoms with Crippen molar-refractivity contribution in [2.24, 2.45) is 5.92 Å². The van der Waals surface area contributed by atoms with Gasteiger partial charge in [0.1, 0.15) is 0 Å². The molecule has 1 saturated carbocycles. The van der Waals surface area contributed by atoms with Crippen molar-refractivity contribution in [3.05, 3.63) is 23.9 Å².